The van der Waals surface area contributed by atoms with Crippen LogP contribution in [0.3, 0.4) is 0 Å². The lowest BCUT2D eigenvalue weighted by Gasteiger charge is -2.32. The number of carbonyl (C=O) groups is 1. The topological polar surface area (TPSA) is 62.6 Å². The molecule has 1 saturated heterocycles. The maximum atomic E-state index is 11.3. The van der Waals surface area contributed by atoms with Crippen molar-refractivity contribution < 1.29 is 14.3 Å². The summed E-state index contributed by atoms with van der Waals surface area (Å²) in [6.45, 7) is 3.53. The Bertz CT molecular complexity index is 476. The Morgan fingerprint density at radius 1 is 1.25 bits per heavy atom. The van der Waals surface area contributed by atoms with E-state index < -0.39 is 0 Å². The third-order valence-electron chi connectivity index (χ3n) is 3.49. The van der Waals surface area contributed by atoms with Crippen LogP contribution >= 0.6 is 0 Å². The molecule has 1 fully saturated rings. The second-order valence-corrected chi connectivity index (χ2v) is 4.91. The summed E-state index contributed by atoms with van der Waals surface area (Å²) in [4.78, 5) is 13.4. The van der Waals surface area contributed by atoms with Crippen molar-refractivity contribution in [2.75, 3.05) is 20.2 Å². The molecule has 0 aliphatic carbocycles. The molecule has 20 heavy (non-hydrogen) atoms. The Labute approximate surface area is 119 Å². The van der Waals surface area contributed by atoms with Gasteiger partial charge in [0.15, 0.2) is 0 Å². The summed E-state index contributed by atoms with van der Waals surface area (Å²) < 4.78 is 10.6. The van der Waals surface area contributed by atoms with E-state index in [4.69, 9.17) is 10.1 Å². The van der Waals surface area contributed by atoms with Crippen molar-refractivity contribution in [2.24, 2.45) is 0 Å². The first kappa shape index (κ1) is 14.4. The predicted octanol–water partition coefficient (Wildman–Crippen LogP) is 2.31. The summed E-state index contributed by atoms with van der Waals surface area (Å²) in [5.41, 5.74) is 0.522. The SMILES string of the molecule is COC(=O)c1ccc(OC2CCN(C(C)=N)CC2)cc1. The Hall–Kier alpha value is -2.04. The molecule has 0 atom stereocenters. The van der Waals surface area contributed by atoms with Crippen LogP contribution in [0.15, 0.2) is 24.3 Å². The molecule has 5 nitrogen and oxygen atoms in total. The van der Waals surface area contributed by atoms with Crippen LogP contribution < -0.4 is 4.74 Å². The molecule has 2 rings (SSSR count). The molecule has 5 heteroatoms. The van der Waals surface area contributed by atoms with Gasteiger partial charge in [-0.05, 0) is 31.2 Å². The number of carbonyl (C=O) groups excluding carboxylic acids is 1. The van der Waals surface area contributed by atoms with E-state index in [1.807, 2.05) is 6.92 Å². The normalized spacial score (nSPS) is 15.8. The smallest absolute Gasteiger partial charge is 0.337 e. The van der Waals surface area contributed by atoms with Gasteiger partial charge in [-0.15, -0.1) is 0 Å². The van der Waals surface area contributed by atoms with Gasteiger partial charge < -0.3 is 14.4 Å². The first-order valence-corrected chi connectivity index (χ1v) is 6.75. The number of ether oxygens (including phenoxy) is 2. The summed E-state index contributed by atoms with van der Waals surface area (Å²) in [7, 11) is 1.37. The Morgan fingerprint density at radius 2 is 1.85 bits per heavy atom. The zero-order chi connectivity index (χ0) is 14.5. The molecule has 1 aliphatic rings. The molecule has 0 amide bonds. The molecule has 108 valence electrons. The fraction of sp³-hybridized carbons (Fsp3) is 0.467. The molecule has 0 unspecified atom stereocenters. The van der Waals surface area contributed by atoms with E-state index in [9.17, 15) is 4.79 Å². The molecule has 1 aliphatic heterocycles. The van der Waals surface area contributed by atoms with Gasteiger partial charge in [-0.25, -0.2) is 4.79 Å². The number of hydrogen-bond acceptors (Lipinski definition) is 4. The number of rotatable bonds is 3. The second kappa shape index (κ2) is 6.41. The zero-order valence-electron chi connectivity index (χ0n) is 11.9. The highest BCUT2D eigenvalue weighted by atomic mass is 16.5. The minimum Gasteiger partial charge on any atom is -0.490 e. The van der Waals surface area contributed by atoms with Crippen molar-refractivity contribution in [1.82, 2.24) is 4.90 Å². The lowest BCUT2D eigenvalue weighted by molar-refractivity contribution is 0.0600. The standard InChI is InChI=1S/C15H20N2O3/c1-11(16)17-9-7-14(8-10-17)20-13-5-3-12(4-6-13)15(18)19-2/h3-6,14,16H,7-10H2,1-2H3. The van der Waals surface area contributed by atoms with Gasteiger partial charge in [0.25, 0.3) is 0 Å². The third-order valence-corrected chi connectivity index (χ3v) is 3.49. The molecule has 0 bridgehead atoms. The van der Waals surface area contributed by atoms with Crippen LogP contribution in [0.4, 0.5) is 0 Å². The van der Waals surface area contributed by atoms with Gasteiger partial charge in [-0.3, -0.25) is 5.41 Å². The van der Waals surface area contributed by atoms with Gasteiger partial charge >= 0.3 is 5.97 Å². The van der Waals surface area contributed by atoms with Crippen LogP contribution in [0.5, 0.6) is 5.75 Å². The highest BCUT2D eigenvalue weighted by Gasteiger charge is 2.20. The summed E-state index contributed by atoms with van der Waals surface area (Å²) in [6, 6.07) is 7.00. The quantitative estimate of drug-likeness (QED) is 0.523. The monoisotopic (exact) mass is 276 g/mol. The Kier molecular flexibility index (Phi) is 4.61. The molecule has 1 heterocycles. The minimum atomic E-state index is -0.341. The molecular formula is C15H20N2O3. The van der Waals surface area contributed by atoms with E-state index in [0.717, 1.165) is 31.7 Å². The van der Waals surface area contributed by atoms with E-state index in [2.05, 4.69) is 9.64 Å². The van der Waals surface area contributed by atoms with Gasteiger partial charge in [0.05, 0.1) is 18.5 Å². The summed E-state index contributed by atoms with van der Waals surface area (Å²) in [5.74, 6) is 1.04. The molecule has 0 radical (unpaired) electrons. The summed E-state index contributed by atoms with van der Waals surface area (Å²) in [6.07, 6.45) is 2.00. The van der Waals surface area contributed by atoms with Gasteiger partial charge in [-0.2, -0.15) is 0 Å². The number of benzene rings is 1. The van der Waals surface area contributed by atoms with Crippen molar-refractivity contribution in [3.8, 4) is 5.75 Å². The van der Waals surface area contributed by atoms with Crippen LogP contribution in [0, 0.1) is 5.41 Å². The minimum absolute atomic E-state index is 0.176. The van der Waals surface area contributed by atoms with Gasteiger partial charge in [0.1, 0.15) is 11.9 Å². The summed E-state index contributed by atoms with van der Waals surface area (Å²) >= 11 is 0. The maximum absolute atomic E-state index is 11.3. The fourth-order valence-corrected chi connectivity index (χ4v) is 2.29. The summed E-state index contributed by atoms with van der Waals surface area (Å²) in [5, 5.41) is 7.60. The second-order valence-electron chi connectivity index (χ2n) is 4.91. The number of hydrogen-bond donors (Lipinski definition) is 1. The Balaban J connectivity index is 1.88. The number of esters is 1. The lowest BCUT2D eigenvalue weighted by Crippen LogP contribution is -2.40. The number of piperidine rings is 1. The molecule has 0 aromatic heterocycles. The van der Waals surface area contributed by atoms with E-state index in [1.165, 1.54) is 7.11 Å². The lowest BCUT2D eigenvalue weighted by atomic mass is 10.1. The predicted molar refractivity (Wildman–Crippen MR) is 76.4 cm³/mol. The first-order chi connectivity index (χ1) is 9.60. The Morgan fingerprint density at radius 3 is 2.35 bits per heavy atom. The molecule has 1 aromatic carbocycles. The van der Waals surface area contributed by atoms with Crippen molar-refractivity contribution in [2.45, 2.75) is 25.9 Å². The maximum Gasteiger partial charge on any atom is 0.337 e. The van der Waals surface area contributed by atoms with Gasteiger partial charge in [-0.1, -0.05) is 0 Å². The van der Waals surface area contributed by atoms with Crippen molar-refractivity contribution in [3.05, 3.63) is 29.8 Å². The number of nitrogens with zero attached hydrogens (tertiary/aromatic N) is 1. The van der Waals surface area contributed by atoms with Crippen molar-refractivity contribution in [3.63, 3.8) is 0 Å². The molecule has 1 aromatic rings. The van der Waals surface area contributed by atoms with Gasteiger partial charge in [0.2, 0.25) is 0 Å². The number of methoxy groups -OCH3 is 1. The van der Waals surface area contributed by atoms with E-state index in [1.54, 1.807) is 24.3 Å². The molecule has 0 saturated carbocycles. The van der Waals surface area contributed by atoms with E-state index in [-0.39, 0.29) is 12.1 Å². The van der Waals surface area contributed by atoms with E-state index >= 15 is 0 Å². The van der Waals surface area contributed by atoms with Crippen molar-refractivity contribution >= 4 is 11.8 Å². The van der Waals surface area contributed by atoms with Crippen LogP contribution in [-0.2, 0) is 4.74 Å². The highest BCUT2D eigenvalue weighted by Crippen LogP contribution is 2.20. The number of amidine groups is 1. The van der Waals surface area contributed by atoms with Crippen LogP contribution in [0.2, 0.25) is 0 Å². The fourth-order valence-electron chi connectivity index (χ4n) is 2.29. The highest BCUT2D eigenvalue weighted by molar-refractivity contribution is 5.89. The average Bonchev–Trinajstić information content (AvgIpc) is 2.48. The zero-order valence-corrected chi connectivity index (χ0v) is 11.9. The molecule has 1 N–H and O–H groups in total. The third kappa shape index (κ3) is 3.50. The van der Waals surface area contributed by atoms with Gasteiger partial charge in [0, 0.05) is 25.9 Å². The molecule has 0 spiro atoms. The average molecular weight is 276 g/mol. The van der Waals surface area contributed by atoms with Crippen molar-refractivity contribution in [1.29, 1.82) is 5.41 Å². The first-order valence-electron chi connectivity index (χ1n) is 6.75. The van der Waals surface area contributed by atoms with Crippen LogP contribution in [0.25, 0.3) is 0 Å². The number of likely N-dealkylation sites (tertiary alicyclic amines) is 1. The molecular weight excluding hydrogens is 256 g/mol. The van der Waals surface area contributed by atoms with Crippen LogP contribution in [-0.4, -0.2) is 43.0 Å². The largest absolute Gasteiger partial charge is 0.490 e. The van der Waals surface area contributed by atoms with E-state index in [0.29, 0.717) is 11.4 Å². The number of nitrogens with one attached hydrogen (secondary N) is 1. The van der Waals surface area contributed by atoms with Crippen LogP contribution in [0.1, 0.15) is 30.1 Å².